The summed E-state index contributed by atoms with van der Waals surface area (Å²) >= 11 is 0. The van der Waals surface area contributed by atoms with Gasteiger partial charge in [-0.05, 0) is 68.8 Å². The van der Waals surface area contributed by atoms with E-state index in [0.29, 0.717) is 44.6 Å². The number of rotatable bonds is 9. The van der Waals surface area contributed by atoms with Crippen LogP contribution in [0.25, 0.3) is 0 Å². The molecule has 8 nitrogen and oxygen atoms in total. The van der Waals surface area contributed by atoms with Gasteiger partial charge >= 0.3 is 0 Å². The first-order valence-electron chi connectivity index (χ1n) is 13.3. The summed E-state index contributed by atoms with van der Waals surface area (Å²) < 4.78 is 16.1. The van der Waals surface area contributed by atoms with Gasteiger partial charge in [0, 0.05) is 52.4 Å². The summed E-state index contributed by atoms with van der Waals surface area (Å²) in [4.78, 5) is 33.1. The molecule has 3 fully saturated rings. The minimum atomic E-state index is -0.273. The minimum Gasteiger partial charge on any atom is -0.454 e. The highest BCUT2D eigenvalue weighted by molar-refractivity contribution is 5.89. The number of carbonyl (C=O) groups excluding carboxylic acids is 2. The van der Waals surface area contributed by atoms with Gasteiger partial charge in [-0.3, -0.25) is 9.59 Å². The van der Waals surface area contributed by atoms with Gasteiger partial charge in [-0.25, -0.2) is 0 Å². The molecule has 35 heavy (non-hydrogen) atoms. The normalized spacial score (nSPS) is 26.1. The summed E-state index contributed by atoms with van der Waals surface area (Å²) in [5.41, 5.74) is 0.993. The molecule has 0 bridgehead atoms. The van der Waals surface area contributed by atoms with Crippen molar-refractivity contribution in [1.29, 1.82) is 0 Å². The number of benzene rings is 1. The fraction of sp³-hybridized carbons (Fsp3) is 0.704. The second kappa shape index (κ2) is 11.2. The third-order valence-corrected chi connectivity index (χ3v) is 8.15. The predicted molar refractivity (Wildman–Crippen MR) is 131 cm³/mol. The number of carbonyl (C=O) groups is 2. The third-order valence-electron chi connectivity index (χ3n) is 8.15. The molecule has 2 amide bonds. The Morgan fingerprint density at radius 2 is 2.00 bits per heavy atom. The second-order valence-electron chi connectivity index (χ2n) is 10.5. The van der Waals surface area contributed by atoms with Gasteiger partial charge in [0.15, 0.2) is 11.5 Å². The van der Waals surface area contributed by atoms with Crippen LogP contribution >= 0.6 is 0 Å². The van der Waals surface area contributed by atoms with Crippen molar-refractivity contribution < 1.29 is 23.8 Å². The number of likely N-dealkylation sites (tertiary alicyclic amines) is 1. The Balaban J connectivity index is 1.23. The molecule has 0 aromatic heterocycles. The minimum absolute atomic E-state index is 0.0500. The van der Waals surface area contributed by atoms with E-state index in [4.69, 9.17) is 14.2 Å². The number of piperidine rings is 2. The number of methoxy groups -OCH3 is 1. The van der Waals surface area contributed by atoms with E-state index in [-0.39, 0.29) is 24.5 Å². The van der Waals surface area contributed by atoms with Crippen molar-refractivity contribution in [2.75, 3.05) is 53.2 Å². The Morgan fingerprint density at radius 1 is 1.14 bits per heavy atom. The van der Waals surface area contributed by atoms with E-state index in [1.165, 1.54) is 45.2 Å². The summed E-state index contributed by atoms with van der Waals surface area (Å²) in [5.74, 6) is 1.89. The van der Waals surface area contributed by atoms with Crippen molar-refractivity contribution in [2.45, 2.75) is 57.5 Å². The molecule has 4 heterocycles. The molecule has 5 rings (SSSR count). The van der Waals surface area contributed by atoms with E-state index < -0.39 is 0 Å². The molecule has 0 N–H and O–H groups in total. The molecule has 3 atom stereocenters. The monoisotopic (exact) mass is 485 g/mol. The summed E-state index contributed by atoms with van der Waals surface area (Å²) in [6, 6.07) is 6.38. The zero-order chi connectivity index (χ0) is 24.2. The Bertz CT molecular complexity index is 907. The zero-order valence-corrected chi connectivity index (χ0v) is 21.0. The van der Waals surface area contributed by atoms with Crippen molar-refractivity contribution in [2.24, 2.45) is 11.8 Å². The van der Waals surface area contributed by atoms with Crippen LogP contribution in [-0.2, 0) is 20.9 Å². The second-order valence-corrected chi connectivity index (χ2v) is 10.5. The molecule has 0 saturated carbocycles. The van der Waals surface area contributed by atoms with E-state index in [1.807, 2.05) is 23.1 Å². The number of ether oxygens (including phenoxy) is 3. The Kier molecular flexibility index (Phi) is 7.78. The lowest BCUT2D eigenvalue weighted by atomic mass is 9.83. The number of amides is 2. The first-order valence-corrected chi connectivity index (χ1v) is 13.3. The summed E-state index contributed by atoms with van der Waals surface area (Å²) in [5, 5.41) is 0. The van der Waals surface area contributed by atoms with Gasteiger partial charge in [0.1, 0.15) is 0 Å². The highest BCUT2D eigenvalue weighted by Crippen LogP contribution is 2.34. The highest BCUT2D eigenvalue weighted by atomic mass is 16.7. The van der Waals surface area contributed by atoms with Gasteiger partial charge in [-0.15, -0.1) is 0 Å². The molecule has 8 heteroatoms. The van der Waals surface area contributed by atoms with E-state index in [9.17, 15) is 9.59 Å². The Hall–Kier alpha value is -2.32. The highest BCUT2D eigenvalue weighted by Gasteiger charge is 2.39. The van der Waals surface area contributed by atoms with Gasteiger partial charge in [0.05, 0.1) is 5.92 Å². The fourth-order valence-corrected chi connectivity index (χ4v) is 6.37. The van der Waals surface area contributed by atoms with Crippen molar-refractivity contribution in [3.63, 3.8) is 0 Å². The van der Waals surface area contributed by atoms with Gasteiger partial charge in [0.2, 0.25) is 18.6 Å². The molecule has 0 unspecified atom stereocenters. The van der Waals surface area contributed by atoms with Crippen molar-refractivity contribution in [3.05, 3.63) is 23.8 Å². The van der Waals surface area contributed by atoms with Crippen LogP contribution in [0.5, 0.6) is 11.5 Å². The molecule has 1 aromatic carbocycles. The Morgan fingerprint density at radius 3 is 2.89 bits per heavy atom. The van der Waals surface area contributed by atoms with Crippen LogP contribution in [0.2, 0.25) is 0 Å². The van der Waals surface area contributed by atoms with Crippen LogP contribution in [-0.4, -0.2) is 85.8 Å². The molecule has 0 radical (unpaired) electrons. The van der Waals surface area contributed by atoms with Gasteiger partial charge < -0.3 is 28.9 Å². The summed E-state index contributed by atoms with van der Waals surface area (Å²) in [6.07, 6.45) is 7.36. The fourth-order valence-electron chi connectivity index (χ4n) is 6.37. The van der Waals surface area contributed by atoms with Crippen LogP contribution in [0, 0.1) is 11.8 Å². The van der Waals surface area contributed by atoms with Gasteiger partial charge in [-0.1, -0.05) is 12.5 Å². The molecule has 192 valence electrons. The first-order chi connectivity index (χ1) is 17.1. The maximum Gasteiger partial charge on any atom is 0.231 e. The topological polar surface area (TPSA) is 71.6 Å². The molecule has 0 spiro atoms. The molecule has 0 aliphatic carbocycles. The lowest BCUT2D eigenvalue weighted by molar-refractivity contribution is -0.137. The summed E-state index contributed by atoms with van der Waals surface area (Å²) in [6.45, 7) is 5.74. The molecule has 4 aliphatic rings. The van der Waals surface area contributed by atoms with E-state index in [2.05, 4.69) is 9.80 Å². The van der Waals surface area contributed by atoms with Gasteiger partial charge in [0.25, 0.3) is 0 Å². The lowest BCUT2D eigenvalue weighted by Gasteiger charge is -2.46. The predicted octanol–water partition coefficient (Wildman–Crippen LogP) is 2.89. The van der Waals surface area contributed by atoms with Crippen molar-refractivity contribution in [3.8, 4) is 11.5 Å². The van der Waals surface area contributed by atoms with Crippen LogP contribution < -0.4 is 9.47 Å². The van der Waals surface area contributed by atoms with Gasteiger partial charge in [-0.2, -0.15) is 0 Å². The van der Waals surface area contributed by atoms with Crippen LogP contribution in [0.1, 0.15) is 50.5 Å². The molecule has 3 saturated heterocycles. The van der Waals surface area contributed by atoms with Crippen molar-refractivity contribution in [1.82, 2.24) is 14.7 Å². The zero-order valence-electron chi connectivity index (χ0n) is 21.0. The van der Waals surface area contributed by atoms with Crippen molar-refractivity contribution >= 4 is 11.8 Å². The number of hydrogen-bond donors (Lipinski definition) is 0. The largest absolute Gasteiger partial charge is 0.454 e. The summed E-state index contributed by atoms with van der Waals surface area (Å²) in [7, 11) is 1.71. The smallest absolute Gasteiger partial charge is 0.231 e. The number of hydrogen-bond acceptors (Lipinski definition) is 6. The molecule has 1 aromatic rings. The lowest BCUT2D eigenvalue weighted by Crippen LogP contribution is -2.52. The SMILES string of the molecule is COCCCN(C[C@@H]1CCCN2CCCC[C@H]12)C(=O)[C@@H]1CC(=O)N(Cc2ccc3c(c2)OCO3)C1. The average Bonchev–Trinajstić information content (AvgIpc) is 3.49. The van der Waals surface area contributed by atoms with Crippen LogP contribution in [0.4, 0.5) is 0 Å². The molecular weight excluding hydrogens is 446 g/mol. The maximum atomic E-state index is 13.7. The van der Waals surface area contributed by atoms with Crippen LogP contribution in [0.3, 0.4) is 0 Å². The Labute approximate surface area is 208 Å². The quantitative estimate of drug-likeness (QED) is 0.501. The van der Waals surface area contributed by atoms with E-state index in [0.717, 1.165) is 30.0 Å². The van der Waals surface area contributed by atoms with E-state index in [1.54, 1.807) is 7.11 Å². The number of nitrogens with zero attached hydrogens (tertiary/aromatic N) is 3. The van der Waals surface area contributed by atoms with Crippen LogP contribution in [0.15, 0.2) is 18.2 Å². The maximum absolute atomic E-state index is 13.7. The average molecular weight is 486 g/mol. The first kappa shape index (κ1) is 24.4. The standard InChI is InChI=1S/C27H39N3O5/c1-33-13-5-12-29(17-21-6-4-11-28-10-3-2-7-23(21)28)27(32)22-15-26(31)30(18-22)16-20-8-9-24-25(14-20)35-19-34-24/h8-9,14,21-23H,2-7,10-13,15-19H2,1H3/t21-,22+,23+/m0/s1. The molecule has 4 aliphatic heterocycles. The molecular formula is C27H39N3O5. The number of fused-ring (bicyclic) bond motifs is 2. The third kappa shape index (κ3) is 5.59. The van der Waals surface area contributed by atoms with E-state index >= 15 is 0 Å².